The van der Waals surface area contributed by atoms with Gasteiger partial charge in [-0.3, -0.25) is 4.79 Å². The third kappa shape index (κ3) is 3.31. The fourth-order valence-corrected chi connectivity index (χ4v) is 1.20. The van der Waals surface area contributed by atoms with Gasteiger partial charge in [0.05, 0.1) is 0 Å². The highest BCUT2D eigenvalue weighted by molar-refractivity contribution is 6.10. The summed E-state index contributed by atoms with van der Waals surface area (Å²) in [6, 6.07) is 5.12. The number of carbonyl (C=O) groups excluding carboxylic acids is 1. The Balaban J connectivity index is 2.90. The topological polar surface area (TPSA) is 67.5 Å². The van der Waals surface area contributed by atoms with Crippen LogP contribution >= 0.6 is 0 Å². The predicted octanol–water partition coefficient (Wildman–Crippen LogP) is 2.04. The minimum Gasteiger partial charge on any atom is -0.398 e. The highest BCUT2D eigenvalue weighted by Gasteiger charge is 2.07. The number of amidine groups is 1. The second-order valence-electron chi connectivity index (χ2n) is 3.43. The van der Waals surface area contributed by atoms with E-state index in [1.54, 1.807) is 18.2 Å². The first-order chi connectivity index (χ1) is 8.08. The zero-order valence-electron chi connectivity index (χ0n) is 9.73. The fraction of sp³-hybridized carbons (Fsp3) is 0.0769. The summed E-state index contributed by atoms with van der Waals surface area (Å²) in [5, 5.41) is 2.60. The molecule has 4 heteroatoms. The highest BCUT2D eigenvalue weighted by atomic mass is 16.1. The van der Waals surface area contributed by atoms with Crippen LogP contribution in [-0.4, -0.2) is 11.7 Å². The van der Waals surface area contributed by atoms with Crippen molar-refractivity contribution in [1.82, 2.24) is 5.32 Å². The number of nitrogens with two attached hydrogens (primary N) is 1. The maximum absolute atomic E-state index is 11.8. The van der Waals surface area contributed by atoms with Crippen molar-refractivity contribution in [3.63, 3.8) is 0 Å². The summed E-state index contributed by atoms with van der Waals surface area (Å²) in [5.74, 6) is 0.0707. The van der Waals surface area contributed by atoms with E-state index in [-0.39, 0.29) is 5.91 Å². The molecule has 1 aromatic rings. The van der Waals surface area contributed by atoms with Crippen LogP contribution in [-0.2, 0) is 0 Å². The lowest BCUT2D eigenvalue weighted by Gasteiger charge is -2.06. The number of anilines is 1. The molecular formula is C13H15N3O. The molecule has 1 aromatic carbocycles. The number of rotatable bonds is 3. The van der Waals surface area contributed by atoms with Gasteiger partial charge in [-0.2, -0.15) is 0 Å². The molecule has 0 saturated carbocycles. The van der Waals surface area contributed by atoms with Gasteiger partial charge in [0.15, 0.2) is 0 Å². The van der Waals surface area contributed by atoms with Crippen LogP contribution in [0.4, 0.5) is 5.69 Å². The minimum atomic E-state index is -0.280. The summed E-state index contributed by atoms with van der Waals surface area (Å²) in [6.45, 7) is 8.87. The van der Waals surface area contributed by atoms with Gasteiger partial charge in [0.25, 0.3) is 5.91 Å². The third-order valence-corrected chi connectivity index (χ3v) is 2.21. The van der Waals surface area contributed by atoms with Crippen LogP contribution < -0.4 is 11.1 Å². The molecule has 1 amide bonds. The second-order valence-corrected chi connectivity index (χ2v) is 3.43. The van der Waals surface area contributed by atoms with Crippen molar-refractivity contribution in [2.75, 3.05) is 5.73 Å². The van der Waals surface area contributed by atoms with Gasteiger partial charge in [-0.1, -0.05) is 19.2 Å². The summed E-state index contributed by atoms with van der Waals surface area (Å²) in [5.41, 5.74) is 7.73. The standard InChI is InChI=1S/C13H15N3O/c1-4-12(15-5-2)16-13(17)10-7-6-9(3)11(14)8-10/h4-8H,1-2,14H2,3H3,(H,15,16,17). The summed E-state index contributed by atoms with van der Waals surface area (Å²) in [4.78, 5) is 15.7. The van der Waals surface area contributed by atoms with Crippen LogP contribution in [0.2, 0.25) is 0 Å². The van der Waals surface area contributed by atoms with Crippen LogP contribution in [0.25, 0.3) is 0 Å². The van der Waals surface area contributed by atoms with E-state index < -0.39 is 0 Å². The van der Waals surface area contributed by atoms with E-state index in [1.165, 1.54) is 12.3 Å². The lowest BCUT2D eigenvalue weighted by Crippen LogP contribution is -2.28. The molecule has 0 aliphatic rings. The van der Waals surface area contributed by atoms with Crippen molar-refractivity contribution >= 4 is 17.4 Å². The summed E-state index contributed by atoms with van der Waals surface area (Å²) < 4.78 is 0. The Morgan fingerprint density at radius 1 is 1.47 bits per heavy atom. The van der Waals surface area contributed by atoms with Gasteiger partial charge < -0.3 is 11.1 Å². The largest absolute Gasteiger partial charge is 0.398 e. The van der Waals surface area contributed by atoms with Crippen LogP contribution in [0.5, 0.6) is 0 Å². The van der Waals surface area contributed by atoms with E-state index in [9.17, 15) is 4.79 Å². The first-order valence-electron chi connectivity index (χ1n) is 5.07. The summed E-state index contributed by atoms with van der Waals surface area (Å²) in [6.07, 6.45) is 2.78. The normalized spacial score (nSPS) is 10.8. The van der Waals surface area contributed by atoms with Gasteiger partial charge >= 0.3 is 0 Å². The van der Waals surface area contributed by atoms with Gasteiger partial charge in [-0.25, -0.2) is 4.99 Å². The minimum absolute atomic E-state index is 0.280. The Hall–Kier alpha value is -2.36. The highest BCUT2D eigenvalue weighted by Crippen LogP contribution is 2.12. The number of amides is 1. The molecule has 0 heterocycles. The Bertz CT molecular complexity index is 489. The van der Waals surface area contributed by atoms with Crippen LogP contribution in [0.1, 0.15) is 15.9 Å². The average Bonchev–Trinajstić information content (AvgIpc) is 2.31. The maximum Gasteiger partial charge on any atom is 0.256 e. The van der Waals surface area contributed by atoms with E-state index in [1.807, 2.05) is 6.92 Å². The molecule has 0 aliphatic carbocycles. The zero-order chi connectivity index (χ0) is 12.8. The molecule has 0 atom stereocenters. The monoisotopic (exact) mass is 229 g/mol. The molecule has 1 rings (SSSR count). The SMILES string of the molecule is C=CN=C(C=C)NC(=O)c1ccc(C)c(N)c1. The van der Waals surface area contributed by atoms with Gasteiger partial charge in [-0.15, -0.1) is 0 Å². The summed E-state index contributed by atoms with van der Waals surface area (Å²) in [7, 11) is 0. The van der Waals surface area contributed by atoms with E-state index in [4.69, 9.17) is 5.73 Å². The lowest BCUT2D eigenvalue weighted by atomic mass is 10.1. The van der Waals surface area contributed by atoms with Crippen molar-refractivity contribution in [3.8, 4) is 0 Å². The quantitative estimate of drug-likeness (QED) is 0.473. The molecule has 0 radical (unpaired) electrons. The zero-order valence-corrected chi connectivity index (χ0v) is 9.73. The van der Waals surface area contributed by atoms with E-state index >= 15 is 0 Å². The van der Waals surface area contributed by atoms with Crippen molar-refractivity contribution in [2.24, 2.45) is 4.99 Å². The summed E-state index contributed by atoms with van der Waals surface area (Å²) >= 11 is 0. The molecule has 4 nitrogen and oxygen atoms in total. The average molecular weight is 229 g/mol. The number of aliphatic imine (C=N–C) groups is 1. The number of nitrogens with zero attached hydrogens (tertiary/aromatic N) is 1. The predicted molar refractivity (Wildman–Crippen MR) is 70.9 cm³/mol. The lowest BCUT2D eigenvalue weighted by molar-refractivity contribution is 0.0977. The number of carbonyl (C=O) groups is 1. The first-order valence-corrected chi connectivity index (χ1v) is 5.07. The molecule has 3 N–H and O–H groups in total. The molecule has 0 spiro atoms. The molecular weight excluding hydrogens is 214 g/mol. The van der Waals surface area contributed by atoms with Gasteiger partial charge in [-0.05, 0) is 30.7 Å². The van der Waals surface area contributed by atoms with Gasteiger partial charge in [0.2, 0.25) is 0 Å². The molecule has 88 valence electrons. The maximum atomic E-state index is 11.8. The first kappa shape index (κ1) is 12.7. The van der Waals surface area contributed by atoms with E-state index in [2.05, 4.69) is 23.5 Å². The molecule has 0 aromatic heterocycles. The Labute approximate surface area is 101 Å². The number of nitrogen functional groups attached to an aromatic ring is 1. The number of benzene rings is 1. The van der Waals surface area contributed by atoms with Crippen molar-refractivity contribution in [1.29, 1.82) is 0 Å². The third-order valence-electron chi connectivity index (χ3n) is 2.21. The second kappa shape index (κ2) is 5.65. The molecule has 0 fully saturated rings. The molecule has 0 bridgehead atoms. The fourth-order valence-electron chi connectivity index (χ4n) is 1.20. The smallest absolute Gasteiger partial charge is 0.256 e. The number of nitrogens with one attached hydrogen (secondary N) is 1. The van der Waals surface area contributed by atoms with Crippen LogP contribution in [0.15, 0.2) is 48.6 Å². The number of aryl methyl sites for hydroxylation is 1. The number of hydrogen-bond donors (Lipinski definition) is 2. The van der Waals surface area contributed by atoms with Crippen molar-refractivity contribution in [2.45, 2.75) is 6.92 Å². The molecule has 0 saturated heterocycles. The molecule has 17 heavy (non-hydrogen) atoms. The van der Waals surface area contributed by atoms with Gasteiger partial charge in [0.1, 0.15) is 5.84 Å². The van der Waals surface area contributed by atoms with E-state index in [0.717, 1.165) is 5.56 Å². The molecule has 0 unspecified atom stereocenters. The number of hydrogen-bond acceptors (Lipinski definition) is 3. The Morgan fingerprint density at radius 3 is 2.71 bits per heavy atom. The van der Waals surface area contributed by atoms with Crippen molar-refractivity contribution < 1.29 is 4.79 Å². The van der Waals surface area contributed by atoms with Crippen LogP contribution in [0, 0.1) is 6.92 Å². The van der Waals surface area contributed by atoms with E-state index in [0.29, 0.717) is 17.1 Å². The molecule has 0 aliphatic heterocycles. The Kier molecular flexibility index (Phi) is 4.22. The Morgan fingerprint density at radius 2 is 2.18 bits per heavy atom. The van der Waals surface area contributed by atoms with Crippen LogP contribution in [0.3, 0.4) is 0 Å². The van der Waals surface area contributed by atoms with Gasteiger partial charge in [0, 0.05) is 17.5 Å². The van der Waals surface area contributed by atoms with Crippen molar-refractivity contribution in [3.05, 3.63) is 54.8 Å².